The highest BCUT2D eigenvalue weighted by Crippen LogP contribution is 2.31. The van der Waals surface area contributed by atoms with Gasteiger partial charge in [-0.15, -0.1) is 0 Å². The quantitative estimate of drug-likeness (QED) is 0.714. The highest BCUT2D eigenvalue weighted by molar-refractivity contribution is 9.10. The fourth-order valence-corrected chi connectivity index (χ4v) is 2.71. The summed E-state index contributed by atoms with van der Waals surface area (Å²) in [6, 6.07) is 10.3. The molecular formula is C15H13BrFN3. The van der Waals surface area contributed by atoms with Crippen LogP contribution in [-0.2, 0) is 6.54 Å². The maximum Gasteiger partial charge on any atom is 0.143 e. The van der Waals surface area contributed by atoms with E-state index >= 15 is 0 Å². The highest BCUT2D eigenvalue weighted by Gasteiger charge is 2.14. The van der Waals surface area contributed by atoms with Gasteiger partial charge in [-0.05, 0) is 37.3 Å². The Morgan fingerprint density at radius 2 is 2.05 bits per heavy atom. The van der Waals surface area contributed by atoms with Crippen LogP contribution >= 0.6 is 15.9 Å². The normalized spacial score (nSPS) is 11.2. The third kappa shape index (κ3) is 2.08. The van der Waals surface area contributed by atoms with Crippen LogP contribution in [0.25, 0.3) is 22.4 Å². The van der Waals surface area contributed by atoms with Crippen LogP contribution < -0.4 is 5.73 Å². The number of fused-ring (bicyclic) bond motifs is 1. The largest absolute Gasteiger partial charge is 0.398 e. The second kappa shape index (κ2) is 4.90. The molecule has 0 aliphatic heterocycles. The van der Waals surface area contributed by atoms with Crippen molar-refractivity contribution in [1.29, 1.82) is 0 Å². The van der Waals surface area contributed by atoms with E-state index in [9.17, 15) is 4.39 Å². The van der Waals surface area contributed by atoms with Crippen LogP contribution in [0.4, 0.5) is 10.1 Å². The summed E-state index contributed by atoms with van der Waals surface area (Å²) >= 11 is 3.44. The first kappa shape index (κ1) is 13.1. The molecule has 1 aromatic heterocycles. The first-order chi connectivity index (χ1) is 9.60. The first-order valence-corrected chi connectivity index (χ1v) is 7.10. The van der Waals surface area contributed by atoms with Crippen molar-refractivity contribution in [2.75, 3.05) is 5.73 Å². The lowest BCUT2D eigenvalue weighted by atomic mass is 10.1. The van der Waals surface area contributed by atoms with E-state index in [2.05, 4.69) is 20.9 Å². The van der Waals surface area contributed by atoms with Gasteiger partial charge in [0.05, 0.1) is 11.0 Å². The van der Waals surface area contributed by atoms with Crippen molar-refractivity contribution >= 4 is 32.7 Å². The number of halogens is 2. The number of imidazole rings is 1. The zero-order valence-corrected chi connectivity index (χ0v) is 12.5. The molecule has 0 bridgehead atoms. The number of anilines is 1. The Morgan fingerprint density at radius 1 is 1.25 bits per heavy atom. The van der Waals surface area contributed by atoms with E-state index in [1.54, 1.807) is 6.07 Å². The molecule has 20 heavy (non-hydrogen) atoms. The second-order valence-electron chi connectivity index (χ2n) is 4.54. The van der Waals surface area contributed by atoms with Gasteiger partial charge in [-0.3, -0.25) is 0 Å². The topological polar surface area (TPSA) is 43.8 Å². The lowest BCUT2D eigenvalue weighted by Gasteiger charge is -2.09. The zero-order valence-electron chi connectivity index (χ0n) is 10.9. The molecular weight excluding hydrogens is 321 g/mol. The van der Waals surface area contributed by atoms with E-state index in [4.69, 9.17) is 5.73 Å². The summed E-state index contributed by atoms with van der Waals surface area (Å²) in [5.74, 6) is 0.471. The van der Waals surface area contributed by atoms with Crippen LogP contribution in [0.3, 0.4) is 0 Å². The fourth-order valence-electron chi connectivity index (χ4n) is 2.35. The second-order valence-corrected chi connectivity index (χ2v) is 5.46. The molecule has 1 heterocycles. The Hall–Kier alpha value is -1.88. The summed E-state index contributed by atoms with van der Waals surface area (Å²) in [4.78, 5) is 4.54. The summed E-state index contributed by atoms with van der Waals surface area (Å²) in [5.41, 5.74) is 9.09. The van der Waals surface area contributed by atoms with E-state index in [0.29, 0.717) is 11.2 Å². The number of hydrogen-bond acceptors (Lipinski definition) is 2. The van der Waals surface area contributed by atoms with Gasteiger partial charge in [0.15, 0.2) is 0 Å². The van der Waals surface area contributed by atoms with E-state index in [1.165, 1.54) is 12.1 Å². The predicted molar refractivity (Wildman–Crippen MR) is 82.9 cm³/mol. The minimum Gasteiger partial charge on any atom is -0.398 e. The third-order valence-corrected chi connectivity index (χ3v) is 3.78. The summed E-state index contributed by atoms with van der Waals surface area (Å²) in [5, 5.41) is 0. The number of aromatic nitrogens is 2. The predicted octanol–water partition coefficient (Wildman–Crippen LogP) is 4.21. The van der Waals surface area contributed by atoms with Crippen LogP contribution in [0.1, 0.15) is 6.92 Å². The Kier molecular flexibility index (Phi) is 3.22. The molecule has 3 rings (SSSR count). The van der Waals surface area contributed by atoms with Gasteiger partial charge in [-0.25, -0.2) is 9.37 Å². The molecule has 0 saturated heterocycles. The number of nitrogens with two attached hydrogens (primary N) is 1. The number of rotatable bonds is 2. The van der Waals surface area contributed by atoms with Crippen LogP contribution in [0.5, 0.6) is 0 Å². The molecule has 0 radical (unpaired) electrons. The summed E-state index contributed by atoms with van der Waals surface area (Å²) in [7, 11) is 0. The van der Waals surface area contributed by atoms with Crippen molar-refractivity contribution in [2.24, 2.45) is 0 Å². The van der Waals surface area contributed by atoms with Crippen molar-refractivity contribution in [3.63, 3.8) is 0 Å². The molecule has 0 amide bonds. The minimum absolute atomic E-state index is 0.285. The average Bonchev–Trinajstić information content (AvgIpc) is 2.78. The summed E-state index contributed by atoms with van der Waals surface area (Å²) in [6.45, 7) is 2.77. The minimum atomic E-state index is -0.285. The summed E-state index contributed by atoms with van der Waals surface area (Å²) < 4.78 is 16.3. The van der Waals surface area contributed by atoms with Crippen molar-refractivity contribution < 1.29 is 4.39 Å². The van der Waals surface area contributed by atoms with E-state index in [1.807, 2.05) is 29.7 Å². The van der Waals surface area contributed by atoms with Crippen LogP contribution in [0.2, 0.25) is 0 Å². The maximum absolute atomic E-state index is 13.3. The number of nitrogens with zero attached hydrogens (tertiary/aromatic N) is 2. The average molecular weight is 334 g/mol. The van der Waals surface area contributed by atoms with Gasteiger partial charge in [-0.1, -0.05) is 15.9 Å². The molecule has 5 heteroatoms. The molecule has 2 N–H and O–H groups in total. The maximum atomic E-state index is 13.3. The van der Waals surface area contributed by atoms with Gasteiger partial charge in [-0.2, -0.15) is 0 Å². The van der Waals surface area contributed by atoms with Crippen LogP contribution in [-0.4, -0.2) is 9.55 Å². The van der Waals surface area contributed by atoms with Gasteiger partial charge in [0.25, 0.3) is 0 Å². The van der Waals surface area contributed by atoms with Gasteiger partial charge >= 0.3 is 0 Å². The van der Waals surface area contributed by atoms with Crippen molar-refractivity contribution in [1.82, 2.24) is 9.55 Å². The van der Waals surface area contributed by atoms with E-state index in [-0.39, 0.29) is 5.82 Å². The van der Waals surface area contributed by atoms with Crippen molar-refractivity contribution in [3.8, 4) is 11.4 Å². The van der Waals surface area contributed by atoms with Crippen LogP contribution in [0, 0.1) is 5.82 Å². The molecule has 3 nitrogen and oxygen atoms in total. The van der Waals surface area contributed by atoms with Crippen molar-refractivity contribution in [2.45, 2.75) is 13.5 Å². The first-order valence-electron chi connectivity index (χ1n) is 6.31. The standard InChI is InChI=1S/C15H13BrFN3/c1-2-20-14-6-4-10(17)8-13(14)19-15(20)11-7-9(16)3-5-12(11)18/h3-8H,2,18H2,1H3. The molecule has 0 aliphatic carbocycles. The van der Waals surface area contributed by atoms with E-state index in [0.717, 1.165) is 27.9 Å². The molecule has 0 unspecified atom stereocenters. The van der Waals surface area contributed by atoms with Gasteiger partial charge in [0.2, 0.25) is 0 Å². The SMILES string of the molecule is CCn1c(-c2cc(Br)ccc2N)nc2cc(F)ccc21. The smallest absolute Gasteiger partial charge is 0.143 e. The molecule has 0 saturated carbocycles. The number of hydrogen-bond donors (Lipinski definition) is 1. The van der Waals surface area contributed by atoms with Gasteiger partial charge < -0.3 is 10.3 Å². The lowest BCUT2D eigenvalue weighted by Crippen LogP contribution is -2.00. The Labute approximate surface area is 124 Å². The monoisotopic (exact) mass is 333 g/mol. The highest BCUT2D eigenvalue weighted by atomic mass is 79.9. The Morgan fingerprint density at radius 3 is 2.80 bits per heavy atom. The molecule has 0 aliphatic rings. The Bertz CT molecular complexity index is 795. The summed E-state index contributed by atoms with van der Waals surface area (Å²) in [6.07, 6.45) is 0. The van der Waals surface area contributed by atoms with Crippen LogP contribution in [0.15, 0.2) is 40.9 Å². The van der Waals surface area contributed by atoms with E-state index < -0.39 is 0 Å². The van der Waals surface area contributed by atoms with Gasteiger partial charge in [0.1, 0.15) is 11.6 Å². The van der Waals surface area contributed by atoms with Gasteiger partial charge in [0, 0.05) is 28.3 Å². The molecule has 0 atom stereocenters. The molecule has 2 aromatic carbocycles. The molecule has 0 spiro atoms. The van der Waals surface area contributed by atoms with Crippen molar-refractivity contribution in [3.05, 3.63) is 46.7 Å². The number of nitrogen functional groups attached to an aromatic ring is 1. The Balaban J connectivity index is 2.32. The molecule has 0 fully saturated rings. The zero-order chi connectivity index (χ0) is 14.3. The number of benzene rings is 2. The third-order valence-electron chi connectivity index (χ3n) is 3.28. The fraction of sp³-hybridized carbons (Fsp3) is 0.133. The lowest BCUT2D eigenvalue weighted by molar-refractivity contribution is 0.629. The molecule has 102 valence electrons. The number of aryl methyl sites for hydroxylation is 1. The molecule has 3 aromatic rings.